The lowest BCUT2D eigenvalue weighted by Crippen LogP contribution is -2.19. The summed E-state index contributed by atoms with van der Waals surface area (Å²) in [6.07, 6.45) is 0.152. The number of carbonyl (C=O) groups is 2. The topological polar surface area (TPSA) is 80.3 Å². The van der Waals surface area contributed by atoms with E-state index in [0.717, 1.165) is 10.6 Å². The molecule has 6 nitrogen and oxygen atoms in total. The molecule has 0 saturated heterocycles. The average molecular weight is 458 g/mol. The average Bonchev–Trinajstić information content (AvgIpc) is 3.17. The summed E-state index contributed by atoms with van der Waals surface area (Å²) in [4.78, 5) is 28.9. The summed E-state index contributed by atoms with van der Waals surface area (Å²) in [5.74, 6) is 0.337. The maximum atomic E-state index is 12.5. The van der Waals surface area contributed by atoms with Crippen LogP contribution in [0.5, 0.6) is 5.75 Å². The van der Waals surface area contributed by atoms with Crippen molar-refractivity contribution in [2.75, 3.05) is 10.6 Å². The third-order valence-corrected chi connectivity index (χ3v) is 5.54. The predicted molar refractivity (Wildman–Crippen MR) is 125 cm³/mol. The lowest BCUT2D eigenvalue weighted by molar-refractivity contribution is -0.119. The van der Waals surface area contributed by atoms with Crippen molar-refractivity contribution in [2.24, 2.45) is 5.92 Å². The zero-order chi connectivity index (χ0) is 22.4. The van der Waals surface area contributed by atoms with Gasteiger partial charge in [0.1, 0.15) is 17.4 Å². The number of amides is 2. The summed E-state index contributed by atoms with van der Waals surface area (Å²) >= 11 is 7.31. The second-order valence-electron chi connectivity index (χ2n) is 7.37. The van der Waals surface area contributed by atoms with E-state index in [9.17, 15) is 9.59 Å². The highest BCUT2D eigenvalue weighted by atomic mass is 35.5. The Hall–Kier alpha value is -2.90. The van der Waals surface area contributed by atoms with Gasteiger partial charge in [0.25, 0.3) is 0 Å². The molecule has 0 unspecified atom stereocenters. The number of carbonyl (C=O) groups excluding carboxylic acids is 2. The normalized spacial score (nSPS) is 10.7. The number of halogens is 1. The van der Waals surface area contributed by atoms with Crippen molar-refractivity contribution in [3.63, 3.8) is 0 Å². The Bertz CT molecular complexity index is 1060. The standard InChI is InChI=1S/C23H24ClN3O3S/c1-14(2)23(29)26-17-7-4-15(3)20(10-17)27-21(28)11-18-13-31-22(25-18)12-30-19-8-5-16(24)6-9-19/h4-10,13-14H,11-12H2,1-3H3,(H,26,29)(H,27,28). The van der Waals surface area contributed by atoms with Crippen LogP contribution < -0.4 is 15.4 Å². The van der Waals surface area contributed by atoms with Crippen molar-refractivity contribution < 1.29 is 14.3 Å². The SMILES string of the molecule is Cc1ccc(NC(=O)C(C)C)cc1NC(=O)Cc1csc(COc2ccc(Cl)cc2)n1. The van der Waals surface area contributed by atoms with Gasteiger partial charge in [-0.3, -0.25) is 9.59 Å². The van der Waals surface area contributed by atoms with E-state index in [0.29, 0.717) is 34.4 Å². The minimum Gasteiger partial charge on any atom is -0.486 e. The molecule has 0 radical (unpaired) electrons. The first-order valence-electron chi connectivity index (χ1n) is 9.83. The summed E-state index contributed by atoms with van der Waals surface area (Å²) in [5, 5.41) is 9.04. The predicted octanol–water partition coefficient (Wildman–Crippen LogP) is 5.46. The van der Waals surface area contributed by atoms with Crippen molar-refractivity contribution in [3.05, 3.63) is 69.1 Å². The summed E-state index contributed by atoms with van der Waals surface area (Å²) in [6.45, 7) is 5.88. The summed E-state index contributed by atoms with van der Waals surface area (Å²) in [6, 6.07) is 12.6. The molecule has 3 rings (SSSR count). The van der Waals surface area contributed by atoms with E-state index in [1.807, 2.05) is 38.3 Å². The van der Waals surface area contributed by atoms with E-state index in [2.05, 4.69) is 15.6 Å². The van der Waals surface area contributed by atoms with E-state index in [4.69, 9.17) is 16.3 Å². The van der Waals surface area contributed by atoms with E-state index in [-0.39, 0.29) is 24.2 Å². The van der Waals surface area contributed by atoms with Gasteiger partial charge >= 0.3 is 0 Å². The van der Waals surface area contributed by atoms with Crippen molar-refractivity contribution in [1.82, 2.24) is 4.98 Å². The van der Waals surface area contributed by atoms with E-state index in [1.54, 1.807) is 30.3 Å². The molecule has 31 heavy (non-hydrogen) atoms. The zero-order valence-electron chi connectivity index (χ0n) is 17.6. The Morgan fingerprint density at radius 2 is 1.87 bits per heavy atom. The maximum Gasteiger partial charge on any atom is 0.230 e. The molecule has 2 N–H and O–H groups in total. The first-order valence-corrected chi connectivity index (χ1v) is 11.1. The quantitative estimate of drug-likeness (QED) is 0.470. The van der Waals surface area contributed by atoms with Crippen LogP contribution in [0.25, 0.3) is 0 Å². The van der Waals surface area contributed by atoms with Gasteiger partial charge in [0.05, 0.1) is 12.1 Å². The number of aromatic nitrogens is 1. The van der Waals surface area contributed by atoms with Crippen LogP contribution >= 0.6 is 22.9 Å². The van der Waals surface area contributed by atoms with Gasteiger partial charge < -0.3 is 15.4 Å². The molecule has 1 heterocycles. The molecule has 2 aromatic carbocycles. The van der Waals surface area contributed by atoms with E-state index >= 15 is 0 Å². The van der Waals surface area contributed by atoms with Crippen LogP contribution in [-0.2, 0) is 22.6 Å². The lowest BCUT2D eigenvalue weighted by atomic mass is 10.1. The molecule has 1 aromatic heterocycles. The van der Waals surface area contributed by atoms with E-state index in [1.165, 1.54) is 11.3 Å². The molecule has 0 saturated carbocycles. The monoisotopic (exact) mass is 457 g/mol. The summed E-state index contributed by atoms with van der Waals surface area (Å²) < 4.78 is 5.69. The molecule has 0 bridgehead atoms. The van der Waals surface area contributed by atoms with Crippen LogP contribution in [0.4, 0.5) is 11.4 Å². The van der Waals surface area contributed by atoms with Gasteiger partial charge in [-0.25, -0.2) is 4.98 Å². The Balaban J connectivity index is 1.56. The van der Waals surface area contributed by atoms with Crippen LogP contribution in [-0.4, -0.2) is 16.8 Å². The highest BCUT2D eigenvalue weighted by Crippen LogP contribution is 2.22. The third-order valence-electron chi connectivity index (χ3n) is 4.42. The number of hydrogen-bond donors (Lipinski definition) is 2. The first-order chi connectivity index (χ1) is 14.8. The smallest absolute Gasteiger partial charge is 0.230 e. The fourth-order valence-corrected chi connectivity index (χ4v) is 3.48. The second-order valence-corrected chi connectivity index (χ2v) is 8.75. The second kappa shape index (κ2) is 10.4. The van der Waals surface area contributed by atoms with Crippen LogP contribution in [0.1, 0.15) is 30.1 Å². The number of thiazole rings is 1. The number of nitrogens with zero attached hydrogens (tertiary/aromatic N) is 1. The van der Waals surface area contributed by atoms with Gasteiger partial charge in [-0.2, -0.15) is 0 Å². The fraction of sp³-hybridized carbons (Fsp3) is 0.261. The number of ether oxygens (including phenoxy) is 1. The van der Waals surface area contributed by atoms with Crippen LogP contribution in [0.3, 0.4) is 0 Å². The van der Waals surface area contributed by atoms with Crippen molar-refractivity contribution in [2.45, 2.75) is 33.8 Å². The van der Waals surface area contributed by atoms with Gasteiger partial charge in [-0.05, 0) is 48.9 Å². The minimum absolute atomic E-state index is 0.0723. The molecule has 3 aromatic rings. The van der Waals surface area contributed by atoms with Gasteiger partial charge in [-0.1, -0.05) is 31.5 Å². The third kappa shape index (κ3) is 6.80. The number of hydrogen-bond acceptors (Lipinski definition) is 5. The number of nitrogens with one attached hydrogen (secondary N) is 2. The number of benzene rings is 2. The largest absolute Gasteiger partial charge is 0.486 e. The molecule has 162 valence electrons. The molecule has 0 aliphatic rings. The molecule has 0 aliphatic carbocycles. The molecular weight excluding hydrogens is 434 g/mol. The summed E-state index contributed by atoms with van der Waals surface area (Å²) in [7, 11) is 0. The molecule has 2 amide bonds. The minimum atomic E-state index is -0.175. The Labute approximate surface area is 190 Å². The number of rotatable bonds is 8. The molecule has 0 aliphatic heterocycles. The number of aryl methyl sites for hydroxylation is 1. The number of anilines is 2. The zero-order valence-corrected chi connectivity index (χ0v) is 19.1. The van der Waals surface area contributed by atoms with E-state index < -0.39 is 0 Å². The Morgan fingerprint density at radius 3 is 2.58 bits per heavy atom. The highest BCUT2D eigenvalue weighted by Gasteiger charge is 2.12. The van der Waals surface area contributed by atoms with Crippen molar-refractivity contribution in [1.29, 1.82) is 0 Å². The molecule has 0 spiro atoms. The molecular formula is C23H24ClN3O3S. The lowest BCUT2D eigenvalue weighted by Gasteiger charge is -2.12. The Kier molecular flexibility index (Phi) is 7.65. The van der Waals surface area contributed by atoms with Crippen LogP contribution in [0.2, 0.25) is 5.02 Å². The summed E-state index contributed by atoms with van der Waals surface area (Å²) in [5.41, 5.74) is 2.90. The molecule has 0 atom stereocenters. The highest BCUT2D eigenvalue weighted by molar-refractivity contribution is 7.09. The van der Waals surface area contributed by atoms with Gasteiger partial charge in [0, 0.05) is 27.7 Å². The Morgan fingerprint density at radius 1 is 1.13 bits per heavy atom. The van der Waals surface area contributed by atoms with Gasteiger partial charge in [0.15, 0.2) is 0 Å². The molecule has 8 heteroatoms. The van der Waals surface area contributed by atoms with Gasteiger partial charge in [0.2, 0.25) is 11.8 Å². The fourth-order valence-electron chi connectivity index (χ4n) is 2.65. The first kappa shape index (κ1) is 22.8. The van der Waals surface area contributed by atoms with Gasteiger partial charge in [-0.15, -0.1) is 11.3 Å². The van der Waals surface area contributed by atoms with Crippen molar-refractivity contribution >= 4 is 46.1 Å². The molecule has 0 fully saturated rings. The van der Waals surface area contributed by atoms with Crippen molar-refractivity contribution in [3.8, 4) is 5.75 Å². The maximum absolute atomic E-state index is 12.5. The van der Waals surface area contributed by atoms with Crippen LogP contribution in [0, 0.1) is 12.8 Å². The van der Waals surface area contributed by atoms with Crippen LogP contribution in [0.15, 0.2) is 47.8 Å².